The molecule has 1 aromatic heterocycles. The Bertz CT molecular complexity index is 284. The molecule has 0 spiro atoms. The van der Waals surface area contributed by atoms with Crippen molar-refractivity contribution >= 4 is 5.91 Å². The molecule has 0 aliphatic rings. The van der Waals surface area contributed by atoms with E-state index in [-0.39, 0.29) is 5.91 Å². The van der Waals surface area contributed by atoms with Gasteiger partial charge in [0.1, 0.15) is 0 Å². The maximum Gasteiger partial charge on any atom is 0.220 e. The minimum absolute atomic E-state index is 0.122. The van der Waals surface area contributed by atoms with Gasteiger partial charge in [0.05, 0.1) is 6.33 Å². The number of nitrogens with two attached hydrogens (primary N) is 1. The van der Waals surface area contributed by atoms with Gasteiger partial charge in [-0.2, -0.15) is 0 Å². The molecule has 5 heteroatoms. The Balaban J connectivity index is 1.98. The fourth-order valence-corrected chi connectivity index (χ4v) is 1.45. The second-order valence-electron chi connectivity index (χ2n) is 3.78. The molecule has 4 N–H and O–H groups in total. The van der Waals surface area contributed by atoms with Crippen molar-refractivity contribution in [2.75, 3.05) is 13.1 Å². The van der Waals surface area contributed by atoms with Gasteiger partial charge in [-0.25, -0.2) is 4.98 Å². The number of imidazole rings is 1. The van der Waals surface area contributed by atoms with Crippen LogP contribution in [-0.2, 0) is 11.2 Å². The van der Waals surface area contributed by atoms with Crippen LogP contribution in [0.5, 0.6) is 0 Å². The molecule has 0 radical (unpaired) electrons. The normalized spacial score (nSPS) is 10.3. The lowest BCUT2D eigenvalue weighted by molar-refractivity contribution is -0.121. The molecule has 0 atom stereocenters. The predicted octanol–water partition coefficient (Wildman–Crippen LogP) is 0.588. The summed E-state index contributed by atoms with van der Waals surface area (Å²) in [6.45, 7) is 1.37. The molecular formula is C11H20N4O. The van der Waals surface area contributed by atoms with Crippen molar-refractivity contribution in [1.29, 1.82) is 0 Å². The summed E-state index contributed by atoms with van der Waals surface area (Å²) in [5.41, 5.74) is 6.41. The Kier molecular flexibility index (Phi) is 6.25. The van der Waals surface area contributed by atoms with Gasteiger partial charge in [0.2, 0.25) is 5.91 Å². The van der Waals surface area contributed by atoms with E-state index in [4.69, 9.17) is 5.73 Å². The van der Waals surface area contributed by atoms with Crippen molar-refractivity contribution in [2.45, 2.75) is 32.1 Å². The maximum atomic E-state index is 11.4. The monoisotopic (exact) mass is 224 g/mol. The van der Waals surface area contributed by atoms with E-state index in [1.807, 2.05) is 0 Å². The molecular weight excluding hydrogens is 204 g/mol. The fraction of sp³-hybridized carbons (Fsp3) is 0.636. The third kappa shape index (κ3) is 5.50. The van der Waals surface area contributed by atoms with Crippen LogP contribution in [-0.4, -0.2) is 29.0 Å². The smallest absolute Gasteiger partial charge is 0.220 e. The summed E-state index contributed by atoms with van der Waals surface area (Å²) >= 11 is 0. The molecule has 90 valence electrons. The number of carbonyl (C=O) groups excluding carboxylic acids is 1. The summed E-state index contributed by atoms with van der Waals surface area (Å²) in [5.74, 6) is 0.122. The van der Waals surface area contributed by atoms with Gasteiger partial charge in [-0.3, -0.25) is 4.79 Å². The number of unbranched alkanes of at least 4 members (excludes halogenated alkanes) is 2. The van der Waals surface area contributed by atoms with Crippen molar-refractivity contribution in [3.8, 4) is 0 Å². The Morgan fingerprint density at radius 3 is 3.00 bits per heavy atom. The average Bonchev–Trinajstić information content (AvgIpc) is 2.77. The van der Waals surface area contributed by atoms with Crippen LogP contribution in [0.4, 0.5) is 0 Å². The van der Waals surface area contributed by atoms with Gasteiger partial charge in [-0.15, -0.1) is 0 Å². The molecule has 0 aliphatic heterocycles. The number of hydrogen-bond donors (Lipinski definition) is 3. The predicted molar refractivity (Wildman–Crippen MR) is 62.8 cm³/mol. The summed E-state index contributed by atoms with van der Waals surface area (Å²) in [4.78, 5) is 18.3. The molecule has 0 aromatic carbocycles. The van der Waals surface area contributed by atoms with Gasteiger partial charge < -0.3 is 16.0 Å². The molecule has 1 heterocycles. The standard InChI is InChI=1S/C11H20N4O/c12-6-3-1-2-4-11(16)14-7-5-10-8-13-9-15-10/h8-9H,1-7,12H2,(H,13,15)(H,14,16). The molecule has 0 fully saturated rings. The summed E-state index contributed by atoms with van der Waals surface area (Å²) in [6, 6.07) is 0. The van der Waals surface area contributed by atoms with Crippen LogP contribution in [0.3, 0.4) is 0 Å². The van der Waals surface area contributed by atoms with Crippen LogP contribution >= 0.6 is 0 Å². The van der Waals surface area contributed by atoms with Crippen molar-refractivity contribution < 1.29 is 4.79 Å². The van der Waals surface area contributed by atoms with Crippen molar-refractivity contribution in [2.24, 2.45) is 5.73 Å². The molecule has 0 saturated heterocycles. The zero-order chi connectivity index (χ0) is 11.6. The van der Waals surface area contributed by atoms with E-state index in [1.54, 1.807) is 12.5 Å². The first-order chi connectivity index (χ1) is 7.83. The Hall–Kier alpha value is -1.36. The second-order valence-corrected chi connectivity index (χ2v) is 3.78. The van der Waals surface area contributed by atoms with Crippen LogP contribution in [0.15, 0.2) is 12.5 Å². The number of amides is 1. The van der Waals surface area contributed by atoms with E-state index < -0.39 is 0 Å². The third-order valence-corrected chi connectivity index (χ3v) is 2.38. The largest absolute Gasteiger partial charge is 0.356 e. The summed E-state index contributed by atoms with van der Waals surface area (Å²) in [7, 11) is 0. The molecule has 0 aliphatic carbocycles. The van der Waals surface area contributed by atoms with E-state index in [2.05, 4.69) is 15.3 Å². The van der Waals surface area contributed by atoms with Gasteiger partial charge in [0.25, 0.3) is 0 Å². The number of hydrogen-bond acceptors (Lipinski definition) is 3. The number of aromatic amines is 1. The maximum absolute atomic E-state index is 11.4. The second kappa shape index (κ2) is 7.87. The highest BCUT2D eigenvalue weighted by molar-refractivity contribution is 5.75. The molecule has 1 amide bonds. The minimum atomic E-state index is 0.122. The van der Waals surface area contributed by atoms with Gasteiger partial charge in [0.15, 0.2) is 0 Å². The first-order valence-electron chi connectivity index (χ1n) is 5.77. The zero-order valence-corrected chi connectivity index (χ0v) is 9.54. The van der Waals surface area contributed by atoms with E-state index in [0.717, 1.165) is 31.4 Å². The SMILES string of the molecule is NCCCCCC(=O)NCCc1cnc[nH]1. The van der Waals surface area contributed by atoms with Gasteiger partial charge in [-0.1, -0.05) is 6.42 Å². The van der Waals surface area contributed by atoms with Crippen molar-refractivity contribution in [3.05, 3.63) is 18.2 Å². The van der Waals surface area contributed by atoms with Crippen molar-refractivity contribution in [3.63, 3.8) is 0 Å². The lowest BCUT2D eigenvalue weighted by atomic mass is 10.2. The first-order valence-corrected chi connectivity index (χ1v) is 5.77. The minimum Gasteiger partial charge on any atom is -0.356 e. The number of nitrogens with one attached hydrogen (secondary N) is 2. The molecule has 0 unspecified atom stereocenters. The van der Waals surface area contributed by atoms with Gasteiger partial charge in [0, 0.05) is 31.3 Å². The van der Waals surface area contributed by atoms with Crippen LogP contribution in [0.2, 0.25) is 0 Å². The fourth-order valence-electron chi connectivity index (χ4n) is 1.45. The quantitative estimate of drug-likeness (QED) is 0.565. The number of H-pyrrole nitrogens is 1. The van der Waals surface area contributed by atoms with E-state index in [0.29, 0.717) is 19.5 Å². The lowest BCUT2D eigenvalue weighted by Crippen LogP contribution is -2.25. The van der Waals surface area contributed by atoms with Crippen molar-refractivity contribution in [1.82, 2.24) is 15.3 Å². The zero-order valence-electron chi connectivity index (χ0n) is 9.54. The van der Waals surface area contributed by atoms with Crippen LogP contribution in [0.1, 0.15) is 31.4 Å². The summed E-state index contributed by atoms with van der Waals surface area (Å²) in [6.07, 6.45) is 7.77. The third-order valence-electron chi connectivity index (χ3n) is 2.38. The highest BCUT2D eigenvalue weighted by Crippen LogP contribution is 1.98. The Morgan fingerprint density at radius 1 is 1.44 bits per heavy atom. The lowest BCUT2D eigenvalue weighted by Gasteiger charge is -2.03. The van der Waals surface area contributed by atoms with Gasteiger partial charge in [-0.05, 0) is 19.4 Å². The topological polar surface area (TPSA) is 83.8 Å². The first kappa shape index (κ1) is 12.7. The molecule has 0 saturated carbocycles. The summed E-state index contributed by atoms with van der Waals surface area (Å²) < 4.78 is 0. The van der Waals surface area contributed by atoms with E-state index >= 15 is 0 Å². The summed E-state index contributed by atoms with van der Waals surface area (Å²) in [5, 5.41) is 2.88. The molecule has 16 heavy (non-hydrogen) atoms. The molecule has 1 aromatic rings. The van der Waals surface area contributed by atoms with Crippen LogP contribution in [0, 0.1) is 0 Å². The average molecular weight is 224 g/mol. The molecule has 5 nitrogen and oxygen atoms in total. The molecule has 0 bridgehead atoms. The highest BCUT2D eigenvalue weighted by atomic mass is 16.1. The van der Waals surface area contributed by atoms with Crippen LogP contribution < -0.4 is 11.1 Å². The number of nitrogens with zero attached hydrogens (tertiary/aromatic N) is 1. The number of rotatable bonds is 8. The number of carbonyl (C=O) groups is 1. The highest BCUT2D eigenvalue weighted by Gasteiger charge is 2.00. The van der Waals surface area contributed by atoms with Crippen LogP contribution in [0.25, 0.3) is 0 Å². The number of aromatic nitrogens is 2. The Morgan fingerprint density at radius 2 is 2.31 bits per heavy atom. The van der Waals surface area contributed by atoms with Gasteiger partial charge >= 0.3 is 0 Å². The van der Waals surface area contributed by atoms with E-state index in [9.17, 15) is 4.79 Å². The molecule has 1 rings (SSSR count). The Labute approximate surface area is 95.8 Å². The van der Waals surface area contributed by atoms with E-state index in [1.165, 1.54) is 0 Å².